The number of halogens is 1. The number of rotatable bonds is 4. The van der Waals surface area contributed by atoms with Crippen molar-refractivity contribution >= 4 is 24.1 Å². The van der Waals surface area contributed by atoms with Crippen LogP contribution in [0.3, 0.4) is 0 Å². The first-order valence-electron chi connectivity index (χ1n) is 9.42. The second-order valence-corrected chi connectivity index (χ2v) is 7.56. The molecule has 7 nitrogen and oxygen atoms in total. The van der Waals surface area contributed by atoms with Gasteiger partial charge in [0.1, 0.15) is 11.5 Å². The minimum atomic E-state index is -0.0144. The summed E-state index contributed by atoms with van der Waals surface area (Å²) in [6, 6.07) is 0. The summed E-state index contributed by atoms with van der Waals surface area (Å²) in [6.07, 6.45) is 9.09. The summed E-state index contributed by atoms with van der Waals surface area (Å²) in [5.41, 5.74) is 0.783. The fraction of sp³-hybridized carbons (Fsp3) is 0.722. The summed E-state index contributed by atoms with van der Waals surface area (Å²) < 4.78 is 6.01. The van der Waals surface area contributed by atoms with Crippen LogP contribution in [0.15, 0.2) is 12.4 Å². The number of piperidine rings is 1. The standard InChI is InChI=1S/C18H27N5O2.ClH/c24-17(23-7-1-2-8-23)15-11-20-12-16(22-15)21-10-14-9-18(13-25-14)3-5-19-6-4-18;/h11-12,14,19H,1-10,13H2,(H,21,22);1H. The van der Waals surface area contributed by atoms with Crippen molar-refractivity contribution in [1.82, 2.24) is 20.2 Å². The van der Waals surface area contributed by atoms with Gasteiger partial charge in [-0.1, -0.05) is 0 Å². The van der Waals surface area contributed by atoms with Crippen LogP contribution >= 0.6 is 12.4 Å². The molecule has 4 heterocycles. The molecule has 1 spiro atoms. The lowest BCUT2D eigenvalue weighted by Crippen LogP contribution is -2.37. The summed E-state index contributed by atoms with van der Waals surface area (Å²) in [6.45, 7) is 5.41. The van der Waals surface area contributed by atoms with E-state index in [9.17, 15) is 4.79 Å². The van der Waals surface area contributed by atoms with Crippen LogP contribution in [0.1, 0.15) is 42.6 Å². The summed E-state index contributed by atoms with van der Waals surface area (Å²) in [4.78, 5) is 22.9. The molecule has 3 saturated heterocycles. The van der Waals surface area contributed by atoms with Gasteiger partial charge in [-0.25, -0.2) is 4.98 Å². The molecule has 1 aromatic rings. The highest BCUT2D eigenvalue weighted by Gasteiger charge is 2.40. The molecule has 0 saturated carbocycles. The fourth-order valence-corrected chi connectivity index (χ4v) is 4.19. The van der Waals surface area contributed by atoms with Crippen molar-refractivity contribution in [3.05, 3.63) is 18.1 Å². The van der Waals surface area contributed by atoms with E-state index < -0.39 is 0 Å². The highest BCUT2D eigenvalue weighted by molar-refractivity contribution is 5.92. The molecule has 144 valence electrons. The summed E-state index contributed by atoms with van der Waals surface area (Å²) in [5, 5.41) is 6.73. The predicted molar refractivity (Wildman–Crippen MR) is 102 cm³/mol. The third-order valence-corrected chi connectivity index (χ3v) is 5.71. The third-order valence-electron chi connectivity index (χ3n) is 5.71. The second kappa shape index (κ2) is 8.50. The monoisotopic (exact) mass is 381 g/mol. The smallest absolute Gasteiger partial charge is 0.274 e. The maximum Gasteiger partial charge on any atom is 0.274 e. The van der Waals surface area contributed by atoms with Crippen molar-refractivity contribution in [3.8, 4) is 0 Å². The first-order chi connectivity index (χ1) is 12.2. The van der Waals surface area contributed by atoms with E-state index in [0.717, 1.165) is 52.0 Å². The third kappa shape index (κ3) is 4.27. The molecule has 3 aliphatic rings. The Hall–Kier alpha value is -1.44. The SMILES string of the molecule is Cl.O=C(c1cncc(NCC2CC3(CCNCC3)CO2)n1)N1CCCC1. The number of likely N-dealkylation sites (tertiary alicyclic amines) is 1. The zero-order valence-corrected chi connectivity index (χ0v) is 15.9. The Kier molecular flexibility index (Phi) is 6.32. The van der Waals surface area contributed by atoms with Gasteiger partial charge in [-0.2, -0.15) is 0 Å². The van der Waals surface area contributed by atoms with Crippen LogP contribution < -0.4 is 10.6 Å². The Balaban J connectivity index is 0.00000196. The molecular formula is C18H28ClN5O2. The quantitative estimate of drug-likeness (QED) is 0.826. The van der Waals surface area contributed by atoms with Crippen LogP contribution in [0.2, 0.25) is 0 Å². The molecule has 3 fully saturated rings. The van der Waals surface area contributed by atoms with Gasteiger partial charge in [0.15, 0.2) is 0 Å². The van der Waals surface area contributed by atoms with Gasteiger partial charge in [-0.05, 0) is 50.6 Å². The molecule has 0 radical (unpaired) electrons. The predicted octanol–water partition coefficient (Wildman–Crippen LogP) is 1.70. The zero-order valence-electron chi connectivity index (χ0n) is 15.1. The van der Waals surface area contributed by atoms with Gasteiger partial charge >= 0.3 is 0 Å². The van der Waals surface area contributed by atoms with Crippen molar-refractivity contribution < 1.29 is 9.53 Å². The van der Waals surface area contributed by atoms with Gasteiger partial charge in [0.25, 0.3) is 5.91 Å². The maximum absolute atomic E-state index is 12.4. The Bertz CT molecular complexity index is 617. The van der Waals surface area contributed by atoms with Gasteiger partial charge in [-0.15, -0.1) is 12.4 Å². The molecule has 26 heavy (non-hydrogen) atoms. The van der Waals surface area contributed by atoms with Crippen LogP contribution in [0.5, 0.6) is 0 Å². The molecule has 1 atom stereocenters. The highest BCUT2D eigenvalue weighted by atomic mass is 35.5. The largest absolute Gasteiger partial charge is 0.376 e. The Morgan fingerprint density at radius 2 is 2.08 bits per heavy atom. The molecule has 0 aromatic carbocycles. The van der Waals surface area contributed by atoms with Crippen LogP contribution in [-0.2, 0) is 4.74 Å². The van der Waals surface area contributed by atoms with E-state index in [1.54, 1.807) is 12.4 Å². The van der Waals surface area contributed by atoms with Crippen molar-refractivity contribution in [2.24, 2.45) is 5.41 Å². The molecule has 3 aliphatic heterocycles. The van der Waals surface area contributed by atoms with E-state index in [0.29, 0.717) is 23.5 Å². The molecule has 4 rings (SSSR count). The van der Waals surface area contributed by atoms with Crippen molar-refractivity contribution in [2.45, 2.75) is 38.2 Å². The normalized spacial score (nSPS) is 24.5. The number of hydrogen-bond donors (Lipinski definition) is 2. The fourth-order valence-electron chi connectivity index (χ4n) is 4.19. The van der Waals surface area contributed by atoms with E-state index in [2.05, 4.69) is 20.6 Å². The molecule has 1 aromatic heterocycles. The van der Waals surface area contributed by atoms with E-state index in [-0.39, 0.29) is 24.4 Å². The molecular weight excluding hydrogens is 354 g/mol. The summed E-state index contributed by atoms with van der Waals surface area (Å²) >= 11 is 0. The number of amides is 1. The molecule has 0 aliphatic carbocycles. The number of ether oxygens (including phenoxy) is 1. The van der Waals surface area contributed by atoms with Crippen molar-refractivity contribution in [1.29, 1.82) is 0 Å². The first-order valence-corrected chi connectivity index (χ1v) is 9.42. The number of carbonyl (C=O) groups is 1. The molecule has 8 heteroatoms. The van der Waals surface area contributed by atoms with E-state index in [1.165, 1.54) is 12.8 Å². The highest BCUT2D eigenvalue weighted by Crippen LogP contribution is 2.40. The van der Waals surface area contributed by atoms with E-state index >= 15 is 0 Å². The second-order valence-electron chi connectivity index (χ2n) is 7.56. The zero-order chi connectivity index (χ0) is 17.1. The lowest BCUT2D eigenvalue weighted by molar-refractivity contribution is 0.0786. The van der Waals surface area contributed by atoms with Crippen molar-refractivity contribution in [2.75, 3.05) is 44.6 Å². The lowest BCUT2D eigenvalue weighted by atomic mass is 9.77. The summed E-state index contributed by atoms with van der Waals surface area (Å²) in [5.74, 6) is 0.638. The van der Waals surface area contributed by atoms with E-state index in [4.69, 9.17) is 4.74 Å². The Morgan fingerprint density at radius 1 is 1.31 bits per heavy atom. The Labute approximate surface area is 160 Å². The Morgan fingerprint density at radius 3 is 2.85 bits per heavy atom. The maximum atomic E-state index is 12.4. The van der Waals surface area contributed by atoms with E-state index in [1.807, 2.05) is 4.90 Å². The first kappa shape index (κ1) is 19.3. The van der Waals surface area contributed by atoms with Gasteiger partial charge < -0.3 is 20.3 Å². The molecule has 1 amide bonds. The minimum Gasteiger partial charge on any atom is -0.376 e. The average molecular weight is 382 g/mol. The van der Waals surface area contributed by atoms with Crippen LogP contribution in [0, 0.1) is 5.41 Å². The molecule has 0 bridgehead atoms. The lowest BCUT2D eigenvalue weighted by Gasteiger charge is -2.32. The summed E-state index contributed by atoms with van der Waals surface area (Å²) in [7, 11) is 0. The number of nitrogens with zero attached hydrogens (tertiary/aromatic N) is 3. The van der Waals surface area contributed by atoms with Crippen LogP contribution in [-0.4, -0.2) is 66.2 Å². The average Bonchev–Trinajstić information content (AvgIpc) is 3.31. The van der Waals surface area contributed by atoms with Gasteiger partial charge in [-0.3, -0.25) is 9.78 Å². The van der Waals surface area contributed by atoms with Gasteiger partial charge in [0.05, 0.1) is 25.1 Å². The number of anilines is 1. The van der Waals surface area contributed by atoms with Gasteiger partial charge in [0.2, 0.25) is 0 Å². The van der Waals surface area contributed by atoms with Gasteiger partial charge in [0, 0.05) is 19.6 Å². The van der Waals surface area contributed by atoms with Crippen LogP contribution in [0.4, 0.5) is 5.82 Å². The van der Waals surface area contributed by atoms with Crippen molar-refractivity contribution in [3.63, 3.8) is 0 Å². The number of hydrogen-bond acceptors (Lipinski definition) is 6. The number of carbonyl (C=O) groups excluding carboxylic acids is 1. The molecule has 1 unspecified atom stereocenters. The minimum absolute atomic E-state index is 0. The topological polar surface area (TPSA) is 79.4 Å². The number of aromatic nitrogens is 2. The molecule has 2 N–H and O–H groups in total. The van der Waals surface area contributed by atoms with Crippen LogP contribution in [0.25, 0.3) is 0 Å². The number of nitrogens with one attached hydrogen (secondary N) is 2.